The molecule has 2 N–H and O–H groups in total. The Morgan fingerprint density at radius 2 is 2.12 bits per heavy atom. The van der Waals surface area contributed by atoms with Gasteiger partial charge in [0.2, 0.25) is 0 Å². The molecule has 0 aliphatic carbocycles. The summed E-state index contributed by atoms with van der Waals surface area (Å²) >= 11 is 0. The number of ether oxygens (including phenoxy) is 1. The Kier molecular flexibility index (Phi) is 3.04. The molecule has 0 amide bonds. The van der Waals surface area contributed by atoms with Crippen LogP contribution in [0.3, 0.4) is 0 Å². The highest BCUT2D eigenvalue weighted by atomic mass is 16.5. The molecule has 1 saturated heterocycles. The van der Waals surface area contributed by atoms with E-state index in [4.69, 9.17) is 10.5 Å². The third-order valence-corrected chi connectivity index (χ3v) is 3.79. The number of hydrogen-bond donors (Lipinski definition) is 1. The predicted molar refractivity (Wildman–Crippen MR) is 68.1 cm³/mol. The maximum Gasteiger partial charge on any atom is 0.122 e. The SMILES string of the molecule is NC1CCN(Cc2ccc3c(c2)CCO3)CC1. The average molecular weight is 232 g/mol. The summed E-state index contributed by atoms with van der Waals surface area (Å²) in [5.74, 6) is 1.08. The van der Waals surface area contributed by atoms with Crippen molar-refractivity contribution in [3.63, 3.8) is 0 Å². The molecule has 3 nitrogen and oxygen atoms in total. The Bertz CT molecular complexity index is 397. The van der Waals surface area contributed by atoms with Gasteiger partial charge in [-0.05, 0) is 43.1 Å². The molecule has 1 aromatic rings. The van der Waals surface area contributed by atoms with Gasteiger partial charge in [-0.3, -0.25) is 4.90 Å². The van der Waals surface area contributed by atoms with E-state index >= 15 is 0 Å². The van der Waals surface area contributed by atoms with Crippen molar-refractivity contribution in [1.82, 2.24) is 4.90 Å². The quantitative estimate of drug-likeness (QED) is 0.840. The van der Waals surface area contributed by atoms with Crippen LogP contribution in [0.25, 0.3) is 0 Å². The lowest BCUT2D eigenvalue weighted by atomic mass is 10.0. The third kappa shape index (κ3) is 2.45. The molecule has 3 rings (SSSR count). The summed E-state index contributed by atoms with van der Waals surface area (Å²) in [5.41, 5.74) is 8.70. The van der Waals surface area contributed by atoms with Gasteiger partial charge < -0.3 is 10.5 Å². The van der Waals surface area contributed by atoms with Crippen LogP contribution in [-0.4, -0.2) is 30.6 Å². The lowest BCUT2D eigenvalue weighted by Crippen LogP contribution is -2.39. The van der Waals surface area contributed by atoms with E-state index in [0.717, 1.165) is 51.3 Å². The van der Waals surface area contributed by atoms with Crippen molar-refractivity contribution in [1.29, 1.82) is 0 Å². The maximum absolute atomic E-state index is 5.92. The maximum atomic E-state index is 5.92. The molecule has 3 heteroatoms. The van der Waals surface area contributed by atoms with Gasteiger partial charge in [0.1, 0.15) is 5.75 Å². The van der Waals surface area contributed by atoms with Crippen molar-refractivity contribution >= 4 is 0 Å². The number of benzene rings is 1. The standard InChI is InChI=1S/C14H20N2O/c15-13-3-6-16(7-4-13)10-11-1-2-14-12(9-11)5-8-17-14/h1-2,9,13H,3-8,10,15H2. The zero-order chi connectivity index (χ0) is 11.7. The van der Waals surface area contributed by atoms with Gasteiger partial charge in [-0.2, -0.15) is 0 Å². The van der Waals surface area contributed by atoms with Gasteiger partial charge in [-0.15, -0.1) is 0 Å². The molecule has 0 saturated carbocycles. The van der Waals surface area contributed by atoms with Crippen LogP contribution in [0.15, 0.2) is 18.2 Å². The van der Waals surface area contributed by atoms with Crippen LogP contribution in [0.1, 0.15) is 24.0 Å². The molecule has 2 aliphatic heterocycles. The van der Waals surface area contributed by atoms with Crippen LogP contribution < -0.4 is 10.5 Å². The van der Waals surface area contributed by atoms with Crippen molar-refractivity contribution in [2.75, 3.05) is 19.7 Å². The first-order valence-electron chi connectivity index (χ1n) is 6.54. The molecule has 17 heavy (non-hydrogen) atoms. The first-order chi connectivity index (χ1) is 8.31. The number of nitrogens with zero attached hydrogens (tertiary/aromatic N) is 1. The first-order valence-corrected chi connectivity index (χ1v) is 6.54. The van der Waals surface area contributed by atoms with Crippen molar-refractivity contribution in [3.05, 3.63) is 29.3 Å². The van der Waals surface area contributed by atoms with Gasteiger partial charge in [-0.1, -0.05) is 12.1 Å². The number of rotatable bonds is 2. The summed E-state index contributed by atoms with van der Waals surface area (Å²) in [7, 11) is 0. The van der Waals surface area contributed by atoms with Crippen LogP contribution in [0.4, 0.5) is 0 Å². The summed E-state index contributed by atoms with van der Waals surface area (Å²) in [4.78, 5) is 2.50. The highest BCUT2D eigenvalue weighted by molar-refractivity contribution is 5.39. The van der Waals surface area contributed by atoms with Gasteiger partial charge >= 0.3 is 0 Å². The van der Waals surface area contributed by atoms with Crippen LogP contribution >= 0.6 is 0 Å². The van der Waals surface area contributed by atoms with E-state index in [-0.39, 0.29) is 0 Å². The zero-order valence-electron chi connectivity index (χ0n) is 10.2. The van der Waals surface area contributed by atoms with Gasteiger partial charge in [-0.25, -0.2) is 0 Å². The van der Waals surface area contributed by atoms with Crippen LogP contribution in [0.2, 0.25) is 0 Å². The number of likely N-dealkylation sites (tertiary alicyclic amines) is 1. The van der Waals surface area contributed by atoms with E-state index < -0.39 is 0 Å². The molecule has 2 heterocycles. The van der Waals surface area contributed by atoms with Gasteiger partial charge in [0.05, 0.1) is 6.61 Å². The minimum Gasteiger partial charge on any atom is -0.493 e. The lowest BCUT2D eigenvalue weighted by Gasteiger charge is -2.30. The van der Waals surface area contributed by atoms with E-state index in [1.807, 2.05) is 0 Å². The second-order valence-corrected chi connectivity index (χ2v) is 5.15. The summed E-state index contributed by atoms with van der Waals surface area (Å²) < 4.78 is 5.53. The lowest BCUT2D eigenvalue weighted by molar-refractivity contribution is 0.205. The molecule has 2 aliphatic rings. The Morgan fingerprint density at radius 1 is 1.29 bits per heavy atom. The van der Waals surface area contributed by atoms with Gasteiger partial charge in [0.25, 0.3) is 0 Å². The fourth-order valence-corrected chi connectivity index (χ4v) is 2.71. The zero-order valence-corrected chi connectivity index (χ0v) is 10.2. The number of piperidine rings is 1. The monoisotopic (exact) mass is 232 g/mol. The first kappa shape index (κ1) is 11.1. The average Bonchev–Trinajstić information content (AvgIpc) is 2.79. The topological polar surface area (TPSA) is 38.5 Å². The Morgan fingerprint density at radius 3 is 2.94 bits per heavy atom. The Balaban J connectivity index is 1.65. The van der Waals surface area contributed by atoms with Crippen LogP contribution in [0, 0.1) is 0 Å². The van der Waals surface area contributed by atoms with Crippen LogP contribution in [0.5, 0.6) is 5.75 Å². The number of hydrogen-bond acceptors (Lipinski definition) is 3. The minimum absolute atomic E-state index is 0.416. The minimum atomic E-state index is 0.416. The Labute approximate surface area is 103 Å². The van der Waals surface area contributed by atoms with Gasteiger partial charge in [0, 0.05) is 19.0 Å². The van der Waals surface area contributed by atoms with E-state index in [1.165, 1.54) is 11.1 Å². The molecular formula is C14H20N2O. The molecule has 0 aromatic heterocycles. The van der Waals surface area contributed by atoms with Crippen LogP contribution in [-0.2, 0) is 13.0 Å². The fourth-order valence-electron chi connectivity index (χ4n) is 2.71. The molecule has 0 spiro atoms. The number of nitrogens with two attached hydrogens (primary N) is 1. The largest absolute Gasteiger partial charge is 0.493 e. The second kappa shape index (κ2) is 4.67. The van der Waals surface area contributed by atoms with Gasteiger partial charge in [0.15, 0.2) is 0 Å². The van der Waals surface area contributed by atoms with Crippen molar-refractivity contribution in [2.24, 2.45) is 5.73 Å². The fraction of sp³-hybridized carbons (Fsp3) is 0.571. The molecule has 0 unspecified atom stereocenters. The highest BCUT2D eigenvalue weighted by Crippen LogP contribution is 2.26. The third-order valence-electron chi connectivity index (χ3n) is 3.79. The van der Waals surface area contributed by atoms with Crippen molar-refractivity contribution in [3.8, 4) is 5.75 Å². The smallest absolute Gasteiger partial charge is 0.122 e. The second-order valence-electron chi connectivity index (χ2n) is 5.15. The molecule has 0 bridgehead atoms. The predicted octanol–water partition coefficient (Wildman–Crippen LogP) is 1.54. The molecule has 1 aromatic carbocycles. The van der Waals surface area contributed by atoms with Crippen molar-refractivity contribution < 1.29 is 4.74 Å². The molecule has 0 radical (unpaired) electrons. The number of fused-ring (bicyclic) bond motifs is 1. The van der Waals surface area contributed by atoms with E-state index in [9.17, 15) is 0 Å². The molecular weight excluding hydrogens is 212 g/mol. The van der Waals surface area contributed by atoms with E-state index in [0.29, 0.717) is 6.04 Å². The van der Waals surface area contributed by atoms with Crippen molar-refractivity contribution in [2.45, 2.75) is 31.8 Å². The molecule has 1 fully saturated rings. The molecule has 92 valence electrons. The van der Waals surface area contributed by atoms with E-state index in [1.54, 1.807) is 0 Å². The Hall–Kier alpha value is -1.06. The summed E-state index contributed by atoms with van der Waals surface area (Å²) in [6.45, 7) is 4.17. The molecule has 0 atom stereocenters. The normalized spacial score (nSPS) is 21.2. The highest BCUT2D eigenvalue weighted by Gasteiger charge is 2.17. The summed E-state index contributed by atoms with van der Waals surface area (Å²) in [5, 5.41) is 0. The van der Waals surface area contributed by atoms with E-state index in [2.05, 4.69) is 23.1 Å². The summed E-state index contributed by atoms with van der Waals surface area (Å²) in [6.07, 6.45) is 3.33. The summed E-state index contributed by atoms with van der Waals surface area (Å²) in [6, 6.07) is 7.03.